The number of piperidine rings is 2. The van der Waals surface area contributed by atoms with Gasteiger partial charge in [-0.2, -0.15) is 0 Å². The molecule has 3 heterocycles. The van der Waals surface area contributed by atoms with Crippen molar-refractivity contribution in [2.24, 2.45) is 5.92 Å². The molecule has 23 heavy (non-hydrogen) atoms. The Morgan fingerprint density at radius 2 is 1.87 bits per heavy atom. The van der Waals surface area contributed by atoms with Gasteiger partial charge in [-0.3, -0.25) is 0 Å². The normalized spacial score (nSPS) is 25.2. The molecule has 1 aromatic carbocycles. The van der Waals surface area contributed by atoms with Gasteiger partial charge < -0.3 is 14.6 Å². The number of aromatic nitrogens is 2. The number of hydrogen-bond acceptors (Lipinski definition) is 3. The van der Waals surface area contributed by atoms with Gasteiger partial charge in [0, 0.05) is 30.5 Å². The maximum atomic E-state index is 9.48. The van der Waals surface area contributed by atoms with Crippen LogP contribution in [-0.4, -0.2) is 38.7 Å². The standard InChI is InChI=1S/C19H25N3O/c23-17-8-6-15(7-9-17)19-20-10-13-22(19)14-16-4-3-12-21-11-2-1-5-18(16)21/h6-10,13,16,18,23H,1-5,11-12,14H2/t16-,18+/m0/s1. The van der Waals surface area contributed by atoms with E-state index in [4.69, 9.17) is 0 Å². The van der Waals surface area contributed by atoms with Gasteiger partial charge in [0.25, 0.3) is 0 Å². The van der Waals surface area contributed by atoms with Gasteiger partial charge in [0.1, 0.15) is 11.6 Å². The summed E-state index contributed by atoms with van der Waals surface area (Å²) < 4.78 is 2.30. The summed E-state index contributed by atoms with van der Waals surface area (Å²) in [6, 6.07) is 8.12. The highest BCUT2D eigenvalue weighted by atomic mass is 16.3. The van der Waals surface area contributed by atoms with Crippen LogP contribution in [-0.2, 0) is 6.54 Å². The number of aromatic hydroxyl groups is 1. The number of fused-ring (bicyclic) bond motifs is 1. The maximum absolute atomic E-state index is 9.48. The van der Waals surface area contributed by atoms with Crippen molar-refractivity contribution in [1.82, 2.24) is 14.5 Å². The van der Waals surface area contributed by atoms with E-state index in [0.717, 1.165) is 29.9 Å². The lowest BCUT2D eigenvalue weighted by Crippen LogP contribution is -2.49. The highest BCUT2D eigenvalue weighted by molar-refractivity contribution is 5.56. The van der Waals surface area contributed by atoms with E-state index in [0.29, 0.717) is 5.75 Å². The summed E-state index contributed by atoms with van der Waals surface area (Å²) in [5.74, 6) is 2.05. The van der Waals surface area contributed by atoms with Crippen molar-refractivity contribution in [3.8, 4) is 17.1 Å². The second kappa shape index (κ2) is 6.36. The summed E-state index contributed by atoms with van der Waals surface area (Å²) in [5.41, 5.74) is 1.07. The Balaban J connectivity index is 1.55. The fourth-order valence-electron chi connectivity index (χ4n) is 4.37. The van der Waals surface area contributed by atoms with E-state index < -0.39 is 0 Å². The molecule has 122 valence electrons. The minimum Gasteiger partial charge on any atom is -0.508 e. The Morgan fingerprint density at radius 1 is 1.04 bits per heavy atom. The molecule has 1 N–H and O–H groups in total. The van der Waals surface area contributed by atoms with E-state index in [1.807, 2.05) is 18.3 Å². The molecule has 4 rings (SSSR count). The Labute approximate surface area is 137 Å². The van der Waals surface area contributed by atoms with Crippen LogP contribution in [0.2, 0.25) is 0 Å². The second-order valence-electron chi connectivity index (χ2n) is 6.95. The van der Waals surface area contributed by atoms with Crippen molar-refractivity contribution in [1.29, 1.82) is 0 Å². The molecule has 4 heteroatoms. The highest BCUT2D eigenvalue weighted by Gasteiger charge is 2.33. The summed E-state index contributed by atoms with van der Waals surface area (Å²) >= 11 is 0. The molecule has 2 aliphatic heterocycles. The summed E-state index contributed by atoms with van der Waals surface area (Å²) in [6.07, 6.45) is 10.7. The molecule has 0 amide bonds. The lowest BCUT2D eigenvalue weighted by molar-refractivity contribution is 0.0521. The maximum Gasteiger partial charge on any atom is 0.139 e. The molecule has 1 aromatic heterocycles. The molecular formula is C19H25N3O. The van der Waals surface area contributed by atoms with Gasteiger partial charge in [0.2, 0.25) is 0 Å². The molecule has 0 saturated carbocycles. The first-order valence-corrected chi connectivity index (χ1v) is 8.86. The van der Waals surface area contributed by atoms with Crippen LogP contribution in [0.3, 0.4) is 0 Å². The first-order valence-electron chi connectivity index (χ1n) is 8.86. The van der Waals surface area contributed by atoms with Crippen molar-refractivity contribution in [3.63, 3.8) is 0 Å². The summed E-state index contributed by atoms with van der Waals surface area (Å²) in [5, 5.41) is 9.48. The Morgan fingerprint density at radius 3 is 2.74 bits per heavy atom. The van der Waals surface area contributed by atoms with Crippen molar-refractivity contribution < 1.29 is 5.11 Å². The SMILES string of the molecule is Oc1ccc(-c2nccn2C[C@@H]2CCCN3CCCC[C@H]23)cc1. The van der Waals surface area contributed by atoms with Gasteiger partial charge >= 0.3 is 0 Å². The lowest BCUT2D eigenvalue weighted by Gasteiger charge is -2.44. The van der Waals surface area contributed by atoms with Gasteiger partial charge in [0.15, 0.2) is 0 Å². The molecule has 0 radical (unpaired) electrons. The van der Waals surface area contributed by atoms with Crippen molar-refractivity contribution in [3.05, 3.63) is 36.7 Å². The quantitative estimate of drug-likeness (QED) is 0.943. The number of phenols is 1. The molecule has 2 fully saturated rings. The Kier molecular flexibility index (Phi) is 4.08. The summed E-state index contributed by atoms with van der Waals surface area (Å²) in [6.45, 7) is 3.63. The van der Waals surface area contributed by atoms with Crippen molar-refractivity contribution >= 4 is 0 Å². The minimum atomic E-state index is 0.303. The minimum absolute atomic E-state index is 0.303. The second-order valence-corrected chi connectivity index (χ2v) is 6.95. The van der Waals surface area contributed by atoms with Crippen molar-refractivity contribution in [2.75, 3.05) is 13.1 Å². The first-order chi connectivity index (χ1) is 11.3. The van der Waals surface area contributed by atoms with Crippen LogP contribution >= 0.6 is 0 Å². The van der Waals surface area contributed by atoms with E-state index in [-0.39, 0.29) is 0 Å². The fraction of sp³-hybridized carbons (Fsp3) is 0.526. The van der Waals surface area contributed by atoms with Crippen LogP contribution in [0.15, 0.2) is 36.7 Å². The number of rotatable bonds is 3. The summed E-state index contributed by atoms with van der Waals surface area (Å²) in [4.78, 5) is 7.27. The fourth-order valence-corrected chi connectivity index (χ4v) is 4.37. The number of phenolic OH excluding ortho intramolecular Hbond substituents is 1. The van der Waals surface area contributed by atoms with Crippen LogP contribution < -0.4 is 0 Å². The van der Waals surface area contributed by atoms with Crippen LogP contribution in [0.1, 0.15) is 32.1 Å². The van der Waals surface area contributed by atoms with Crippen LogP contribution in [0, 0.1) is 5.92 Å². The highest BCUT2D eigenvalue weighted by Crippen LogP contribution is 2.32. The molecular weight excluding hydrogens is 286 g/mol. The molecule has 0 aliphatic carbocycles. The molecule has 2 saturated heterocycles. The molecule has 2 aromatic rings. The molecule has 2 aliphatic rings. The number of hydrogen-bond donors (Lipinski definition) is 1. The zero-order valence-corrected chi connectivity index (χ0v) is 13.6. The topological polar surface area (TPSA) is 41.3 Å². The van der Waals surface area contributed by atoms with E-state index in [1.165, 1.54) is 45.2 Å². The van der Waals surface area contributed by atoms with Gasteiger partial charge in [0.05, 0.1) is 0 Å². The molecule has 4 nitrogen and oxygen atoms in total. The average Bonchev–Trinajstić information content (AvgIpc) is 3.04. The third kappa shape index (κ3) is 3.00. The lowest BCUT2D eigenvalue weighted by atomic mass is 9.83. The summed E-state index contributed by atoms with van der Waals surface area (Å²) in [7, 11) is 0. The van der Waals surface area contributed by atoms with E-state index >= 15 is 0 Å². The largest absolute Gasteiger partial charge is 0.508 e. The molecule has 0 bridgehead atoms. The monoisotopic (exact) mass is 311 g/mol. The number of imidazole rings is 1. The molecule has 0 unspecified atom stereocenters. The Hall–Kier alpha value is -1.81. The third-order valence-corrected chi connectivity index (χ3v) is 5.50. The smallest absolute Gasteiger partial charge is 0.139 e. The predicted molar refractivity (Wildman–Crippen MR) is 91.3 cm³/mol. The zero-order valence-electron chi connectivity index (χ0n) is 13.6. The van der Waals surface area contributed by atoms with Gasteiger partial charge in [-0.15, -0.1) is 0 Å². The van der Waals surface area contributed by atoms with E-state index in [9.17, 15) is 5.11 Å². The first kappa shape index (κ1) is 14.8. The van der Waals surface area contributed by atoms with E-state index in [1.54, 1.807) is 12.1 Å². The van der Waals surface area contributed by atoms with Gasteiger partial charge in [-0.25, -0.2) is 4.98 Å². The van der Waals surface area contributed by atoms with Crippen LogP contribution in [0.4, 0.5) is 0 Å². The number of benzene rings is 1. The number of nitrogens with zero attached hydrogens (tertiary/aromatic N) is 3. The van der Waals surface area contributed by atoms with Gasteiger partial charge in [-0.05, 0) is 69.0 Å². The average molecular weight is 311 g/mol. The Bertz CT molecular complexity index is 647. The molecule has 0 spiro atoms. The van der Waals surface area contributed by atoms with Crippen molar-refractivity contribution in [2.45, 2.75) is 44.7 Å². The van der Waals surface area contributed by atoms with Gasteiger partial charge in [-0.1, -0.05) is 6.42 Å². The molecule has 2 atom stereocenters. The zero-order chi connectivity index (χ0) is 15.6. The predicted octanol–water partition coefficient (Wildman–Crippen LogP) is 3.52. The van der Waals surface area contributed by atoms with Crippen LogP contribution in [0.25, 0.3) is 11.4 Å². The van der Waals surface area contributed by atoms with Crippen LogP contribution in [0.5, 0.6) is 5.75 Å². The van der Waals surface area contributed by atoms with E-state index in [2.05, 4.69) is 20.6 Å². The third-order valence-electron chi connectivity index (χ3n) is 5.50.